The van der Waals surface area contributed by atoms with Crippen LogP contribution in [0.25, 0.3) is 0 Å². The second-order valence-electron chi connectivity index (χ2n) is 6.27. The number of esters is 1. The predicted octanol–water partition coefficient (Wildman–Crippen LogP) is 2.65. The molecule has 0 amide bonds. The van der Waals surface area contributed by atoms with Crippen molar-refractivity contribution in [2.45, 2.75) is 24.9 Å². The summed E-state index contributed by atoms with van der Waals surface area (Å²) in [6, 6.07) is 5.88. The van der Waals surface area contributed by atoms with Gasteiger partial charge in [0.15, 0.2) is 26.7 Å². The van der Waals surface area contributed by atoms with Crippen molar-refractivity contribution < 1.29 is 35.3 Å². The van der Waals surface area contributed by atoms with Crippen molar-refractivity contribution in [1.29, 1.82) is 0 Å². The lowest BCUT2D eigenvalue weighted by Gasteiger charge is -2.10. The van der Waals surface area contributed by atoms with Crippen molar-refractivity contribution in [3.8, 4) is 17.2 Å². The monoisotopic (exact) mass is 471 g/mol. The third-order valence-corrected chi connectivity index (χ3v) is 4.95. The van der Waals surface area contributed by atoms with Gasteiger partial charge in [0.1, 0.15) is 17.2 Å². The van der Waals surface area contributed by atoms with Crippen molar-refractivity contribution in [1.82, 2.24) is 4.98 Å². The van der Waals surface area contributed by atoms with E-state index in [9.17, 15) is 21.6 Å². The summed E-state index contributed by atoms with van der Waals surface area (Å²) in [5, 5.41) is 7.58. The first-order valence-corrected chi connectivity index (χ1v) is 12.5. The maximum absolute atomic E-state index is 11.7. The van der Waals surface area contributed by atoms with Crippen molar-refractivity contribution in [3.05, 3.63) is 36.5 Å². The van der Waals surface area contributed by atoms with E-state index < -0.39 is 32.0 Å². The van der Waals surface area contributed by atoms with Crippen molar-refractivity contribution in [3.63, 3.8) is 0 Å². The largest absolute Gasteiger partial charge is 0.464 e. The molecule has 0 fully saturated rings. The molecule has 1 unspecified atom stereocenters. The van der Waals surface area contributed by atoms with Crippen LogP contribution in [0.3, 0.4) is 0 Å². The molecule has 0 aliphatic rings. The summed E-state index contributed by atoms with van der Waals surface area (Å²) in [7, 11) is -7.36. The van der Waals surface area contributed by atoms with Crippen LogP contribution in [0.1, 0.15) is 13.8 Å². The summed E-state index contributed by atoms with van der Waals surface area (Å²) < 4.78 is 61.5. The minimum Gasteiger partial charge on any atom is -0.464 e. The zero-order valence-corrected chi connectivity index (χ0v) is 18.8. The quantitative estimate of drug-likeness (QED) is 0.305. The number of hydrogen-bond acceptors (Lipinski definition) is 11. The van der Waals surface area contributed by atoms with Gasteiger partial charge in [-0.25, -0.2) is 18.2 Å². The lowest BCUT2D eigenvalue weighted by atomic mass is 10.3. The van der Waals surface area contributed by atoms with Crippen LogP contribution in [0.15, 0.2) is 51.8 Å². The number of benzene rings is 1. The second kappa shape index (κ2) is 9.83. The molecule has 0 N–H and O–H groups in total. The molecule has 11 nitrogen and oxygen atoms in total. The van der Waals surface area contributed by atoms with Gasteiger partial charge in [-0.3, -0.25) is 0 Å². The highest BCUT2D eigenvalue weighted by molar-refractivity contribution is 7.90. The molecule has 0 saturated carbocycles. The van der Waals surface area contributed by atoms with E-state index in [1.54, 1.807) is 6.92 Å². The van der Waals surface area contributed by atoms with Gasteiger partial charge < -0.3 is 13.7 Å². The highest BCUT2D eigenvalue weighted by atomic mass is 32.2. The molecule has 2 rings (SSSR count). The molecule has 31 heavy (non-hydrogen) atoms. The molecule has 0 saturated heterocycles. The number of rotatable bonds is 9. The van der Waals surface area contributed by atoms with Crippen LogP contribution in [0.2, 0.25) is 0 Å². The Bertz CT molecular complexity index is 1180. The lowest BCUT2D eigenvalue weighted by molar-refractivity contribution is -0.144. The number of hydrogen-bond donors (Lipinski definition) is 0. The molecule has 1 heterocycles. The van der Waals surface area contributed by atoms with Crippen LogP contribution < -0.4 is 8.92 Å². The molecule has 1 aromatic carbocycles. The van der Waals surface area contributed by atoms with Gasteiger partial charge in [-0.05, 0) is 38.1 Å². The SMILES string of the molecule is CCOC(=O)C(C)N=Nc1ccc(Oc2ccc(S(C)(=O)=O)nc2)cc1OS(C)(=O)=O. The van der Waals surface area contributed by atoms with Crippen LogP contribution >= 0.6 is 0 Å². The van der Waals surface area contributed by atoms with Crippen LogP contribution in [0, 0.1) is 0 Å². The summed E-state index contributed by atoms with van der Waals surface area (Å²) in [5.74, 6) is -0.379. The van der Waals surface area contributed by atoms with E-state index in [4.69, 9.17) is 13.7 Å². The fraction of sp³-hybridized carbons (Fsp3) is 0.333. The standard InChI is InChI=1S/C18H21N3O8S2/c1-5-27-18(22)12(2)20-21-15-8-6-13(10-16(15)29-31(4,25)26)28-14-7-9-17(19-11-14)30(3,23)24/h6-12H,5H2,1-4H3. The molecular formula is C18H21N3O8S2. The number of pyridine rings is 1. The molecule has 13 heteroatoms. The van der Waals surface area contributed by atoms with E-state index in [1.165, 1.54) is 43.5 Å². The summed E-state index contributed by atoms with van der Waals surface area (Å²) >= 11 is 0. The number of aromatic nitrogens is 1. The van der Waals surface area contributed by atoms with Gasteiger partial charge in [0, 0.05) is 12.3 Å². The van der Waals surface area contributed by atoms with Crippen LogP contribution in [-0.2, 0) is 29.5 Å². The van der Waals surface area contributed by atoms with Gasteiger partial charge in [0.25, 0.3) is 0 Å². The van der Waals surface area contributed by atoms with E-state index >= 15 is 0 Å². The first-order chi connectivity index (χ1) is 14.4. The molecule has 0 radical (unpaired) electrons. The zero-order chi connectivity index (χ0) is 23.2. The number of azo groups is 1. The maximum atomic E-state index is 11.7. The highest BCUT2D eigenvalue weighted by Crippen LogP contribution is 2.35. The van der Waals surface area contributed by atoms with Gasteiger partial charge in [0.2, 0.25) is 0 Å². The number of carbonyl (C=O) groups excluding carboxylic acids is 1. The zero-order valence-electron chi connectivity index (χ0n) is 17.2. The Morgan fingerprint density at radius 2 is 1.77 bits per heavy atom. The average Bonchev–Trinajstić information content (AvgIpc) is 2.66. The molecule has 0 aliphatic carbocycles. The van der Waals surface area contributed by atoms with Gasteiger partial charge in [0.05, 0.1) is 19.1 Å². The average molecular weight is 472 g/mol. The fourth-order valence-corrected chi connectivity index (χ4v) is 3.13. The minimum absolute atomic E-state index is 0.0412. The Balaban J connectivity index is 2.30. The smallest absolute Gasteiger partial charge is 0.332 e. The number of sulfone groups is 1. The molecule has 0 bridgehead atoms. The molecule has 1 atom stereocenters. The van der Waals surface area contributed by atoms with Gasteiger partial charge in [-0.2, -0.15) is 18.6 Å². The Hall–Kier alpha value is -3.06. The third kappa shape index (κ3) is 7.61. The molecule has 168 valence electrons. The van der Waals surface area contributed by atoms with E-state index in [-0.39, 0.29) is 34.6 Å². The summed E-state index contributed by atoms with van der Waals surface area (Å²) in [5.41, 5.74) is 0.0412. The third-order valence-electron chi connectivity index (χ3n) is 3.46. The summed E-state index contributed by atoms with van der Waals surface area (Å²) in [6.07, 6.45) is 3.10. The van der Waals surface area contributed by atoms with Crippen LogP contribution in [0.5, 0.6) is 17.2 Å². The van der Waals surface area contributed by atoms with E-state index in [0.29, 0.717) is 0 Å². The van der Waals surface area contributed by atoms with E-state index in [2.05, 4.69) is 15.2 Å². The van der Waals surface area contributed by atoms with Crippen LogP contribution in [-0.4, -0.2) is 52.9 Å². The highest BCUT2D eigenvalue weighted by Gasteiger charge is 2.16. The molecule has 1 aromatic heterocycles. The Labute approximate surface area is 180 Å². The first kappa shape index (κ1) is 24.2. The molecule has 2 aromatic rings. The molecule has 0 aliphatic heterocycles. The Morgan fingerprint density at radius 1 is 1.10 bits per heavy atom. The van der Waals surface area contributed by atoms with E-state index in [1.807, 2.05) is 0 Å². The minimum atomic E-state index is -3.90. The molecule has 0 spiro atoms. The Morgan fingerprint density at radius 3 is 2.32 bits per heavy atom. The predicted molar refractivity (Wildman–Crippen MR) is 110 cm³/mol. The molecular weight excluding hydrogens is 450 g/mol. The maximum Gasteiger partial charge on any atom is 0.332 e. The van der Waals surface area contributed by atoms with Gasteiger partial charge >= 0.3 is 16.1 Å². The van der Waals surface area contributed by atoms with Crippen molar-refractivity contribution in [2.24, 2.45) is 10.2 Å². The van der Waals surface area contributed by atoms with Crippen molar-refractivity contribution >= 4 is 31.6 Å². The Kier molecular flexibility index (Phi) is 7.68. The normalized spacial score (nSPS) is 13.0. The number of nitrogens with zero attached hydrogens (tertiary/aromatic N) is 3. The summed E-state index contributed by atoms with van der Waals surface area (Å²) in [4.78, 5) is 15.5. The lowest BCUT2D eigenvalue weighted by Crippen LogP contribution is -2.17. The topological polar surface area (TPSA) is 151 Å². The van der Waals surface area contributed by atoms with Gasteiger partial charge in [-0.1, -0.05) is 0 Å². The second-order valence-corrected chi connectivity index (χ2v) is 9.80. The summed E-state index contributed by atoms with van der Waals surface area (Å²) in [6.45, 7) is 3.32. The first-order valence-electron chi connectivity index (χ1n) is 8.84. The van der Waals surface area contributed by atoms with Crippen LogP contribution in [0.4, 0.5) is 5.69 Å². The fourth-order valence-electron chi connectivity index (χ4n) is 2.11. The van der Waals surface area contributed by atoms with E-state index in [0.717, 1.165) is 12.5 Å². The van der Waals surface area contributed by atoms with Gasteiger partial charge in [-0.15, -0.1) is 0 Å². The number of ether oxygens (including phenoxy) is 2. The number of carbonyl (C=O) groups is 1. The van der Waals surface area contributed by atoms with Crippen molar-refractivity contribution in [2.75, 3.05) is 19.1 Å².